The molecule has 114 valence electrons. The number of benzene rings is 1. The van der Waals surface area contributed by atoms with Crippen molar-refractivity contribution in [3.63, 3.8) is 0 Å². The molecule has 2 rings (SSSR count). The summed E-state index contributed by atoms with van der Waals surface area (Å²) in [6, 6.07) is 13.4. The highest BCUT2D eigenvalue weighted by Crippen LogP contribution is 2.26. The number of hydrogen-bond acceptors (Lipinski definition) is 2. The highest BCUT2D eigenvalue weighted by Gasteiger charge is 2.20. The highest BCUT2D eigenvalue weighted by atomic mass is 32.1. The number of rotatable bonds is 7. The standard InChI is InChI=1S/C19H27NS/c1-15(2)12-16-7-9-17(10-8-16)13-20-14-19(3,4)18-6-5-11-21-18/h5-11,15,20H,12-14H2,1-4H3. The summed E-state index contributed by atoms with van der Waals surface area (Å²) < 4.78 is 0. The van der Waals surface area contributed by atoms with Gasteiger partial charge in [0.15, 0.2) is 0 Å². The quantitative estimate of drug-likeness (QED) is 0.757. The molecule has 0 aliphatic heterocycles. The molecule has 0 saturated carbocycles. The first-order chi connectivity index (χ1) is 9.97. The molecular formula is C19H27NS. The molecule has 0 spiro atoms. The van der Waals surface area contributed by atoms with Crippen molar-refractivity contribution in [1.82, 2.24) is 5.32 Å². The molecule has 0 amide bonds. The molecular weight excluding hydrogens is 274 g/mol. The molecule has 1 nitrogen and oxygen atoms in total. The molecule has 0 radical (unpaired) electrons. The average Bonchev–Trinajstić information content (AvgIpc) is 2.95. The van der Waals surface area contributed by atoms with Gasteiger partial charge >= 0.3 is 0 Å². The number of nitrogens with one attached hydrogen (secondary N) is 1. The van der Waals surface area contributed by atoms with E-state index in [1.807, 2.05) is 11.3 Å². The van der Waals surface area contributed by atoms with E-state index >= 15 is 0 Å². The fourth-order valence-electron chi connectivity index (χ4n) is 2.53. The van der Waals surface area contributed by atoms with E-state index in [2.05, 4.69) is 74.8 Å². The molecule has 0 fully saturated rings. The van der Waals surface area contributed by atoms with Gasteiger partial charge in [-0.05, 0) is 34.9 Å². The molecule has 2 aromatic rings. The van der Waals surface area contributed by atoms with E-state index in [-0.39, 0.29) is 5.41 Å². The third kappa shape index (κ3) is 4.98. The fourth-order valence-corrected chi connectivity index (χ4v) is 3.39. The lowest BCUT2D eigenvalue weighted by Crippen LogP contribution is -2.31. The molecule has 1 aromatic heterocycles. The minimum Gasteiger partial charge on any atom is -0.312 e. The number of thiophene rings is 1. The zero-order valence-corrected chi connectivity index (χ0v) is 14.5. The summed E-state index contributed by atoms with van der Waals surface area (Å²) in [4.78, 5) is 1.45. The maximum absolute atomic E-state index is 3.60. The second kappa shape index (κ2) is 7.24. The van der Waals surface area contributed by atoms with Crippen molar-refractivity contribution in [3.8, 4) is 0 Å². The molecule has 0 unspecified atom stereocenters. The normalized spacial score (nSPS) is 12.0. The van der Waals surface area contributed by atoms with Crippen LogP contribution in [0.2, 0.25) is 0 Å². The molecule has 21 heavy (non-hydrogen) atoms. The van der Waals surface area contributed by atoms with Gasteiger partial charge in [-0.3, -0.25) is 0 Å². The summed E-state index contributed by atoms with van der Waals surface area (Å²) in [7, 11) is 0. The Morgan fingerprint density at radius 3 is 2.29 bits per heavy atom. The van der Waals surface area contributed by atoms with Crippen LogP contribution in [0, 0.1) is 5.92 Å². The second-order valence-corrected chi connectivity index (χ2v) is 7.83. The Balaban J connectivity index is 1.83. The van der Waals surface area contributed by atoms with Gasteiger partial charge in [-0.25, -0.2) is 0 Å². The Morgan fingerprint density at radius 2 is 1.71 bits per heavy atom. The van der Waals surface area contributed by atoms with Gasteiger partial charge in [-0.1, -0.05) is 58.0 Å². The first-order valence-electron chi connectivity index (χ1n) is 7.80. The van der Waals surface area contributed by atoms with Crippen molar-refractivity contribution in [2.24, 2.45) is 5.92 Å². The average molecular weight is 301 g/mol. The van der Waals surface area contributed by atoms with Gasteiger partial charge in [0.25, 0.3) is 0 Å². The van der Waals surface area contributed by atoms with Crippen LogP contribution in [-0.4, -0.2) is 6.54 Å². The minimum atomic E-state index is 0.200. The molecule has 0 aliphatic rings. The van der Waals surface area contributed by atoms with Gasteiger partial charge < -0.3 is 5.32 Å². The lowest BCUT2D eigenvalue weighted by Gasteiger charge is -2.23. The molecule has 1 heterocycles. The van der Waals surface area contributed by atoms with E-state index in [4.69, 9.17) is 0 Å². The van der Waals surface area contributed by atoms with Crippen molar-refractivity contribution in [3.05, 3.63) is 57.8 Å². The Bertz CT molecular complexity index is 523. The Labute approximate surface area is 133 Å². The predicted octanol–water partition coefficient (Wildman–Crippen LogP) is 5.01. The molecule has 2 heteroatoms. The van der Waals surface area contributed by atoms with E-state index < -0.39 is 0 Å². The SMILES string of the molecule is CC(C)Cc1ccc(CNCC(C)(C)c2cccs2)cc1. The van der Waals surface area contributed by atoms with Crippen LogP contribution in [0.5, 0.6) is 0 Å². The largest absolute Gasteiger partial charge is 0.312 e. The molecule has 0 aliphatic carbocycles. The minimum absolute atomic E-state index is 0.200. The van der Waals surface area contributed by atoms with Crippen molar-refractivity contribution in [2.75, 3.05) is 6.54 Å². The lowest BCUT2D eigenvalue weighted by molar-refractivity contribution is 0.477. The molecule has 0 bridgehead atoms. The van der Waals surface area contributed by atoms with Crippen LogP contribution in [0.25, 0.3) is 0 Å². The Hall–Kier alpha value is -1.12. The summed E-state index contributed by atoms with van der Waals surface area (Å²) >= 11 is 1.84. The second-order valence-electron chi connectivity index (χ2n) is 6.88. The van der Waals surface area contributed by atoms with E-state index in [0.29, 0.717) is 0 Å². The van der Waals surface area contributed by atoms with Gasteiger partial charge in [0.2, 0.25) is 0 Å². The fraction of sp³-hybridized carbons (Fsp3) is 0.474. The summed E-state index contributed by atoms with van der Waals surface area (Å²) in [5.41, 5.74) is 3.00. The maximum Gasteiger partial charge on any atom is 0.0205 e. The maximum atomic E-state index is 3.60. The van der Waals surface area contributed by atoms with Crippen LogP contribution >= 0.6 is 11.3 Å². The molecule has 0 saturated heterocycles. The summed E-state index contributed by atoms with van der Waals surface area (Å²) in [6.07, 6.45) is 1.17. The van der Waals surface area contributed by atoms with Crippen LogP contribution in [0.4, 0.5) is 0 Å². The summed E-state index contributed by atoms with van der Waals surface area (Å²) in [5.74, 6) is 0.723. The van der Waals surface area contributed by atoms with Crippen molar-refractivity contribution in [1.29, 1.82) is 0 Å². The van der Waals surface area contributed by atoms with Gasteiger partial charge in [-0.15, -0.1) is 11.3 Å². The zero-order chi connectivity index (χ0) is 15.3. The zero-order valence-electron chi connectivity index (χ0n) is 13.6. The van der Waals surface area contributed by atoms with Gasteiger partial charge in [0.1, 0.15) is 0 Å². The van der Waals surface area contributed by atoms with Crippen molar-refractivity contribution >= 4 is 11.3 Å². The third-order valence-corrected chi connectivity index (χ3v) is 4.99. The van der Waals surface area contributed by atoms with Crippen LogP contribution in [0.3, 0.4) is 0 Å². The summed E-state index contributed by atoms with van der Waals surface area (Å²) in [6.45, 7) is 11.1. The van der Waals surface area contributed by atoms with Crippen LogP contribution < -0.4 is 5.32 Å². The topological polar surface area (TPSA) is 12.0 Å². The predicted molar refractivity (Wildman–Crippen MR) is 94.0 cm³/mol. The van der Waals surface area contributed by atoms with Gasteiger partial charge in [0.05, 0.1) is 0 Å². The Kier molecular flexibility index (Phi) is 5.60. The van der Waals surface area contributed by atoms with Crippen molar-refractivity contribution in [2.45, 2.75) is 46.1 Å². The lowest BCUT2D eigenvalue weighted by atomic mass is 9.91. The third-order valence-electron chi connectivity index (χ3n) is 3.75. The smallest absolute Gasteiger partial charge is 0.0205 e. The van der Waals surface area contributed by atoms with E-state index in [9.17, 15) is 0 Å². The monoisotopic (exact) mass is 301 g/mol. The van der Waals surface area contributed by atoms with Gasteiger partial charge in [0, 0.05) is 23.4 Å². The first kappa shape index (κ1) is 16.3. The van der Waals surface area contributed by atoms with E-state index in [1.54, 1.807) is 0 Å². The molecule has 1 aromatic carbocycles. The first-order valence-corrected chi connectivity index (χ1v) is 8.68. The van der Waals surface area contributed by atoms with Crippen molar-refractivity contribution < 1.29 is 0 Å². The molecule has 0 atom stereocenters. The van der Waals surface area contributed by atoms with E-state index in [1.165, 1.54) is 22.4 Å². The van der Waals surface area contributed by atoms with Crippen LogP contribution in [0.1, 0.15) is 43.7 Å². The highest BCUT2D eigenvalue weighted by molar-refractivity contribution is 7.10. The van der Waals surface area contributed by atoms with Crippen LogP contribution in [-0.2, 0) is 18.4 Å². The van der Waals surface area contributed by atoms with Crippen LogP contribution in [0.15, 0.2) is 41.8 Å². The summed E-state index contributed by atoms with van der Waals surface area (Å²) in [5, 5.41) is 5.75. The Morgan fingerprint density at radius 1 is 1.05 bits per heavy atom. The van der Waals surface area contributed by atoms with E-state index in [0.717, 1.165) is 19.0 Å². The molecule has 1 N–H and O–H groups in total. The number of hydrogen-bond donors (Lipinski definition) is 1. The van der Waals surface area contributed by atoms with Gasteiger partial charge in [-0.2, -0.15) is 0 Å².